The van der Waals surface area contributed by atoms with E-state index in [2.05, 4.69) is 23.6 Å². The highest BCUT2D eigenvalue weighted by Crippen LogP contribution is 2.13. The lowest BCUT2D eigenvalue weighted by atomic mass is 10.2. The van der Waals surface area contributed by atoms with E-state index in [9.17, 15) is 0 Å². The summed E-state index contributed by atoms with van der Waals surface area (Å²) in [7, 11) is 2.03. The first-order chi connectivity index (χ1) is 6.27. The van der Waals surface area contributed by atoms with Crippen molar-refractivity contribution in [3.05, 3.63) is 36.4 Å². The second kappa shape index (κ2) is 4.93. The quantitative estimate of drug-likeness (QED) is 0.668. The summed E-state index contributed by atoms with van der Waals surface area (Å²) in [6, 6.07) is 8.24. The molecule has 0 aliphatic rings. The molecule has 1 rings (SSSR count). The summed E-state index contributed by atoms with van der Waals surface area (Å²) in [6.07, 6.45) is 1.84. The molecule has 0 fully saturated rings. The molecule has 0 saturated heterocycles. The summed E-state index contributed by atoms with van der Waals surface area (Å²) < 4.78 is 0. The number of benzene rings is 1. The predicted molar refractivity (Wildman–Crippen MR) is 60.5 cm³/mol. The smallest absolute Gasteiger partial charge is 0.0399 e. The SMILES string of the molecule is C=Cc1ccc(N(C)CCCl)cc1. The van der Waals surface area contributed by atoms with Gasteiger partial charge in [0.15, 0.2) is 0 Å². The Balaban J connectivity index is 2.73. The third-order valence-corrected chi connectivity index (χ3v) is 2.16. The number of hydrogen-bond acceptors (Lipinski definition) is 1. The predicted octanol–water partition coefficient (Wildman–Crippen LogP) is 3.00. The van der Waals surface area contributed by atoms with Crippen LogP contribution in [0.5, 0.6) is 0 Å². The second-order valence-electron chi connectivity index (χ2n) is 2.91. The largest absolute Gasteiger partial charge is 0.373 e. The number of halogens is 1. The molecular weight excluding hydrogens is 182 g/mol. The minimum absolute atomic E-state index is 0.652. The van der Waals surface area contributed by atoms with Crippen LogP contribution in [0, 0.1) is 0 Å². The Labute approximate surface area is 84.6 Å². The third kappa shape index (κ3) is 2.78. The Morgan fingerprint density at radius 3 is 2.46 bits per heavy atom. The molecule has 0 amide bonds. The van der Waals surface area contributed by atoms with E-state index < -0.39 is 0 Å². The first kappa shape index (κ1) is 10.1. The van der Waals surface area contributed by atoms with Gasteiger partial charge in [-0.05, 0) is 17.7 Å². The lowest BCUT2D eigenvalue weighted by molar-refractivity contribution is 0.974. The molecule has 13 heavy (non-hydrogen) atoms. The minimum atomic E-state index is 0.652. The minimum Gasteiger partial charge on any atom is -0.373 e. The van der Waals surface area contributed by atoms with Crippen LogP contribution in [0.2, 0.25) is 0 Å². The number of alkyl halides is 1. The third-order valence-electron chi connectivity index (χ3n) is 1.99. The second-order valence-corrected chi connectivity index (χ2v) is 3.28. The maximum Gasteiger partial charge on any atom is 0.0399 e. The van der Waals surface area contributed by atoms with Gasteiger partial charge in [0, 0.05) is 25.2 Å². The highest BCUT2D eigenvalue weighted by Gasteiger charge is 1.97. The Kier molecular flexibility index (Phi) is 3.84. The van der Waals surface area contributed by atoms with E-state index in [1.165, 1.54) is 5.69 Å². The van der Waals surface area contributed by atoms with Crippen molar-refractivity contribution in [3.8, 4) is 0 Å². The molecule has 0 aliphatic heterocycles. The Hall–Kier alpha value is -0.950. The fourth-order valence-corrected chi connectivity index (χ4v) is 1.37. The summed E-state index contributed by atoms with van der Waals surface area (Å²) in [5.41, 5.74) is 2.33. The van der Waals surface area contributed by atoms with E-state index >= 15 is 0 Å². The molecular formula is C11H14ClN. The molecule has 0 aliphatic carbocycles. The van der Waals surface area contributed by atoms with Crippen LogP contribution in [0.1, 0.15) is 5.56 Å². The molecule has 0 heterocycles. The van der Waals surface area contributed by atoms with Crippen LogP contribution in [-0.4, -0.2) is 19.5 Å². The molecule has 1 aromatic rings. The van der Waals surface area contributed by atoms with Gasteiger partial charge in [-0.1, -0.05) is 24.8 Å². The van der Waals surface area contributed by atoms with E-state index in [1.54, 1.807) is 0 Å². The van der Waals surface area contributed by atoms with Gasteiger partial charge in [-0.2, -0.15) is 0 Å². The molecule has 0 radical (unpaired) electrons. The molecule has 0 saturated carbocycles. The number of anilines is 1. The van der Waals surface area contributed by atoms with Crippen LogP contribution in [0.15, 0.2) is 30.8 Å². The summed E-state index contributed by atoms with van der Waals surface area (Å²) in [5, 5.41) is 0. The molecule has 70 valence electrons. The first-order valence-electron chi connectivity index (χ1n) is 4.27. The van der Waals surface area contributed by atoms with Crippen LogP contribution in [0.25, 0.3) is 6.08 Å². The van der Waals surface area contributed by atoms with Gasteiger partial charge < -0.3 is 4.90 Å². The maximum atomic E-state index is 5.65. The highest BCUT2D eigenvalue weighted by atomic mass is 35.5. The van der Waals surface area contributed by atoms with E-state index in [-0.39, 0.29) is 0 Å². The molecule has 2 heteroatoms. The Morgan fingerprint density at radius 1 is 1.38 bits per heavy atom. The number of hydrogen-bond donors (Lipinski definition) is 0. The van der Waals surface area contributed by atoms with Crippen molar-refractivity contribution >= 4 is 23.4 Å². The van der Waals surface area contributed by atoms with Crippen LogP contribution < -0.4 is 4.90 Å². The number of rotatable bonds is 4. The van der Waals surface area contributed by atoms with Crippen molar-refractivity contribution in [1.82, 2.24) is 0 Å². The van der Waals surface area contributed by atoms with Crippen LogP contribution in [-0.2, 0) is 0 Å². The van der Waals surface area contributed by atoms with Crippen molar-refractivity contribution < 1.29 is 0 Å². The molecule has 0 spiro atoms. The fourth-order valence-electron chi connectivity index (χ4n) is 1.12. The monoisotopic (exact) mass is 195 g/mol. The number of nitrogens with zero attached hydrogens (tertiary/aromatic N) is 1. The van der Waals surface area contributed by atoms with E-state index in [0.29, 0.717) is 5.88 Å². The van der Waals surface area contributed by atoms with E-state index in [4.69, 9.17) is 11.6 Å². The fraction of sp³-hybridized carbons (Fsp3) is 0.273. The van der Waals surface area contributed by atoms with Crippen LogP contribution >= 0.6 is 11.6 Å². The van der Waals surface area contributed by atoms with Crippen molar-refractivity contribution in [3.63, 3.8) is 0 Å². The van der Waals surface area contributed by atoms with Gasteiger partial charge in [0.2, 0.25) is 0 Å². The molecule has 0 aromatic heterocycles. The zero-order valence-electron chi connectivity index (χ0n) is 7.83. The van der Waals surface area contributed by atoms with E-state index in [0.717, 1.165) is 12.1 Å². The topological polar surface area (TPSA) is 3.24 Å². The molecule has 0 bridgehead atoms. The summed E-state index contributed by atoms with van der Waals surface area (Å²) >= 11 is 5.65. The molecule has 0 N–H and O–H groups in total. The van der Waals surface area contributed by atoms with Gasteiger partial charge in [0.05, 0.1) is 0 Å². The van der Waals surface area contributed by atoms with Gasteiger partial charge in [-0.3, -0.25) is 0 Å². The Morgan fingerprint density at radius 2 is 2.00 bits per heavy atom. The summed E-state index contributed by atoms with van der Waals surface area (Å²) in [4.78, 5) is 2.12. The van der Waals surface area contributed by atoms with Crippen molar-refractivity contribution in [2.24, 2.45) is 0 Å². The van der Waals surface area contributed by atoms with Gasteiger partial charge in [-0.25, -0.2) is 0 Å². The standard InChI is InChI=1S/C11H14ClN/c1-3-10-4-6-11(7-5-10)13(2)9-8-12/h3-7H,1,8-9H2,2H3. The first-order valence-corrected chi connectivity index (χ1v) is 4.81. The van der Waals surface area contributed by atoms with Gasteiger partial charge in [-0.15, -0.1) is 11.6 Å². The average Bonchev–Trinajstić information content (AvgIpc) is 2.18. The van der Waals surface area contributed by atoms with Crippen molar-refractivity contribution in [1.29, 1.82) is 0 Å². The normalized spacial score (nSPS) is 9.69. The van der Waals surface area contributed by atoms with Gasteiger partial charge in [0.1, 0.15) is 0 Å². The average molecular weight is 196 g/mol. The van der Waals surface area contributed by atoms with Crippen LogP contribution in [0.4, 0.5) is 5.69 Å². The molecule has 0 atom stereocenters. The van der Waals surface area contributed by atoms with E-state index in [1.807, 2.05) is 25.3 Å². The van der Waals surface area contributed by atoms with Crippen LogP contribution in [0.3, 0.4) is 0 Å². The lowest BCUT2D eigenvalue weighted by Crippen LogP contribution is -2.19. The molecule has 1 aromatic carbocycles. The van der Waals surface area contributed by atoms with Crippen molar-refractivity contribution in [2.45, 2.75) is 0 Å². The molecule has 0 unspecified atom stereocenters. The molecule has 1 nitrogen and oxygen atoms in total. The van der Waals surface area contributed by atoms with Crippen molar-refractivity contribution in [2.75, 3.05) is 24.4 Å². The van der Waals surface area contributed by atoms with Gasteiger partial charge in [0.25, 0.3) is 0 Å². The zero-order chi connectivity index (χ0) is 9.68. The summed E-state index contributed by atoms with van der Waals surface area (Å²) in [5.74, 6) is 0.652. The highest BCUT2D eigenvalue weighted by molar-refractivity contribution is 6.18. The Bertz CT molecular complexity index is 266. The zero-order valence-corrected chi connectivity index (χ0v) is 8.59. The summed E-state index contributed by atoms with van der Waals surface area (Å²) in [6.45, 7) is 4.58. The van der Waals surface area contributed by atoms with Gasteiger partial charge >= 0.3 is 0 Å². The maximum absolute atomic E-state index is 5.65. The lowest BCUT2D eigenvalue weighted by Gasteiger charge is -2.17.